The van der Waals surface area contributed by atoms with Crippen LogP contribution < -0.4 is 10.1 Å². The molecule has 1 aromatic carbocycles. The lowest BCUT2D eigenvalue weighted by atomic mass is 10.1. The minimum Gasteiger partial charge on any atom is -0.491 e. The van der Waals surface area contributed by atoms with E-state index in [-0.39, 0.29) is 6.10 Å². The molecule has 0 aliphatic carbocycles. The summed E-state index contributed by atoms with van der Waals surface area (Å²) in [7, 11) is 0. The zero-order chi connectivity index (χ0) is 14.2. The summed E-state index contributed by atoms with van der Waals surface area (Å²) in [6.45, 7) is 6.99. The molecule has 1 fully saturated rings. The van der Waals surface area contributed by atoms with Gasteiger partial charge in [0.1, 0.15) is 12.4 Å². The van der Waals surface area contributed by atoms with Gasteiger partial charge in [-0.2, -0.15) is 0 Å². The van der Waals surface area contributed by atoms with Crippen LogP contribution >= 0.6 is 0 Å². The standard InChI is InChI=1S/C17H27NO2/c1-3-11-18-14(2)15-7-9-16(10-8-15)20-13-17-6-4-5-12-19-17/h7-10,14,17-18H,3-6,11-13H2,1-2H3. The predicted octanol–water partition coefficient (Wildman–Crippen LogP) is 3.70. The van der Waals surface area contributed by atoms with E-state index in [1.165, 1.54) is 18.4 Å². The van der Waals surface area contributed by atoms with Crippen molar-refractivity contribution in [1.29, 1.82) is 0 Å². The van der Waals surface area contributed by atoms with Crippen LogP contribution in [-0.4, -0.2) is 25.9 Å². The third kappa shape index (κ3) is 4.80. The van der Waals surface area contributed by atoms with Gasteiger partial charge in [-0.1, -0.05) is 19.1 Å². The Morgan fingerprint density at radius 1 is 1.30 bits per heavy atom. The SMILES string of the molecule is CCCNC(C)c1ccc(OCC2CCCCO2)cc1. The van der Waals surface area contributed by atoms with Gasteiger partial charge in [-0.05, 0) is 56.8 Å². The minimum absolute atomic E-state index is 0.272. The topological polar surface area (TPSA) is 30.5 Å². The summed E-state index contributed by atoms with van der Waals surface area (Å²) in [5.41, 5.74) is 1.31. The van der Waals surface area contributed by atoms with E-state index in [1.54, 1.807) is 0 Å². The first kappa shape index (κ1) is 15.3. The highest BCUT2D eigenvalue weighted by molar-refractivity contribution is 5.28. The van der Waals surface area contributed by atoms with Crippen molar-refractivity contribution < 1.29 is 9.47 Å². The lowest BCUT2D eigenvalue weighted by Gasteiger charge is -2.22. The molecule has 20 heavy (non-hydrogen) atoms. The lowest BCUT2D eigenvalue weighted by molar-refractivity contribution is -0.0110. The molecule has 3 heteroatoms. The average molecular weight is 277 g/mol. The van der Waals surface area contributed by atoms with E-state index in [2.05, 4.69) is 43.4 Å². The van der Waals surface area contributed by atoms with Gasteiger partial charge < -0.3 is 14.8 Å². The van der Waals surface area contributed by atoms with Gasteiger partial charge in [-0.3, -0.25) is 0 Å². The van der Waals surface area contributed by atoms with Gasteiger partial charge in [0.2, 0.25) is 0 Å². The zero-order valence-corrected chi connectivity index (χ0v) is 12.7. The number of rotatable bonds is 7. The van der Waals surface area contributed by atoms with Crippen LogP contribution in [0.4, 0.5) is 0 Å². The molecule has 1 aromatic rings. The van der Waals surface area contributed by atoms with Crippen molar-refractivity contribution in [2.45, 2.75) is 51.7 Å². The van der Waals surface area contributed by atoms with Crippen LogP contribution in [0.2, 0.25) is 0 Å². The number of benzene rings is 1. The van der Waals surface area contributed by atoms with E-state index in [9.17, 15) is 0 Å². The molecule has 0 spiro atoms. The van der Waals surface area contributed by atoms with Gasteiger partial charge >= 0.3 is 0 Å². The highest BCUT2D eigenvalue weighted by Gasteiger charge is 2.14. The second-order valence-electron chi connectivity index (χ2n) is 5.54. The number of nitrogens with one attached hydrogen (secondary N) is 1. The summed E-state index contributed by atoms with van der Waals surface area (Å²) in [6.07, 6.45) is 5.00. The minimum atomic E-state index is 0.272. The van der Waals surface area contributed by atoms with Gasteiger partial charge in [0.15, 0.2) is 0 Å². The fourth-order valence-corrected chi connectivity index (χ4v) is 2.46. The first-order chi connectivity index (χ1) is 9.79. The number of hydrogen-bond donors (Lipinski definition) is 1. The van der Waals surface area contributed by atoms with Crippen molar-refractivity contribution in [2.24, 2.45) is 0 Å². The summed E-state index contributed by atoms with van der Waals surface area (Å²) in [4.78, 5) is 0. The van der Waals surface area contributed by atoms with Crippen LogP contribution in [-0.2, 0) is 4.74 Å². The molecular weight excluding hydrogens is 250 g/mol. The molecule has 2 rings (SSSR count). The fourth-order valence-electron chi connectivity index (χ4n) is 2.46. The maximum absolute atomic E-state index is 5.82. The Hall–Kier alpha value is -1.06. The molecule has 112 valence electrons. The molecule has 1 aliphatic heterocycles. The third-order valence-electron chi connectivity index (χ3n) is 3.79. The number of hydrogen-bond acceptors (Lipinski definition) is 3. The van der Waals surface area contributed by atoms with Crippen LogP contribution in [0.1, 0.15) is 51.1 Å². The Balaban J connectivity index is 1.78. The molecule has 0 radical (unpaired) electrons. The van der Waals surface area contributed by atoms with E-state index in [0.717, 1.165) is 31.7 Å². The maximum atomic E-state index is 5.82. The monoisotopic (exact) mass is 277 g/mol. The van der Waals surface area contributed by atoms with Gasteiger partial charge in [-0.25, -0.2) is 0 Å². The Morgan fingerprint density at radius 2 is 2.10 bits per heavy atom. The van der Waals surface area contributed by atoms with Crippen molar-refractivity contribution in [3.8, 4) is 5.75 Å². The van der Waals surface area contributed by atoms with Crippen LogP contribution in [0.5, 0.6) is 5.75 Å². The first-order valence-corrected chi connectivity index (χ1v) is 7.87. The molecule has 0 amide bonds. The molecule has 1 heterocycles. The Bertz CT molecular complexity index is 371. The highest BCUT2D eigenvalue weighted by Crippen LogP contribution is 2.19. The van der Waals surface area contributed by atoms with Crippen LogP contribution in [0.15, 0.2) is 24.3 Å². The number of ether oxygens (including phenoxy) is 2. The second kappa shape index (κ2) is 8.28. The van der Waals surface area contributed by atoms with E-state index in [4.69, 9.17) is 9.47 Å². The Kier molecular flexibility index (Phi) is 6.34. The van der Waals surface area contributed by atoms with Gasteiger partial charge in [0, 0.05) is 12.6 Å². The van der Waals surface area contributed by atoms with Crippen molar-refractivity contribution in [2.75, 3.05) is 19.8 Å². The van der Waals surface area contributed by atoms with Crippen LogP contribution in [0.25, 0.3) is 0 Å². The third-order valence-corrected chi connectivity index (χ3v) is 3.79. The molecular formula is C17H27NO2. The molecule has 0 bridgehead atoms. The van der Waals surface area contributed by atoms with E-state index >= 15 is 0 Å². The smallest absolute Gasteiger partial charge is 0.119 e. The van der Waals surface area contributed by atoms with Gasteiger partial charge in [-0.15, -0.1) is 0 Å². The average Bonchev–Trinajstić information content (AvgIpc) is 2.52. The van der Waals surface area contributed by atoms with Crippen LogP contribution in [0.3, 0.4) is 0 Å². The van der Waals surface area contributed by atoms with Crippen LogP contribution in [0, 0.1) is 0 Å². The fraction of sp³-hybridized carbons (Fsp3) is 0.647. The predicted molar refractivity (Wildman–Crippen MR) is 82.2 cm³/mol. The zero-order valence-electron chi connectivity index (χ0n) is 12.7. The van der Waals surface area contributed by atoms with Gasteiger partial charge in [0.05, 0.1) is 6.10 Å². The normalized spacial score (nSPS) is 20.6. The van der Waals surface area contributed by atoms with Crippen molar-refractivity contribution in [1.82, 2.24) is 5.32 Å². The molecule has 0 aromatic heterocycles. The molecule has 3 nitrogen and oxygen atoms in total. The molecule has 1 N–H and O–H groups in total. The van der Waals surface area contributed by atoms with E-state index in [1.807, 2.05) is 0 Å². The van der Waals surface area contributed by atoms with E-state index < -0.39 is 0 Å². The summed E-state index contributed by atoms with van der Waals surface area (Å²) in [6, 6.07) is 8.80. The summed E-state index contributed by atoms with van der Waals surface area (Å²) < 4.78 is 11.5. The van der Waals surface area contributed by atoms with Gasteiger partial charge in [0.25, 0.3) is 0 Å². The maximum Gasteiger partial charge on any atom is 0.119 e. The summed E-state index contributed by atoms with van der Waals surface area (Å²) in [5, 5.41) is 3.49. The summed E-state index contributed by atoms with van der Waals surface area (Å²) >= 11 is 0. The molecule has 1 saturated heterocycles. The molecule has 1 aliphatic rings. The summed E-state index contributed by atoms with van der Waals surface area (Å²) in [5.74, 6) is 0.936. The van der Waals surface area contributed by atoms with Crippen molar-refractivity contribution in [3.05, 3.63) is 29.8 Å². The Labute approximate surface area is 122 Å². The van der Waals surface area contributed by atoms with E-state index in [0.29, 0.717) is 12.6 Å². The second-order valence-corrected chi connectivity index (χ2v) is 5.54. The molecule has 0 saturated carbocycles. The quantitative estimate of drug-likeness (QED) is 0.824. The molecule has 2 unspecified atom stereocenters. The Morgan fingerprint density at radius 3 is 2.75 bits per heavy atom. The van der Waals surface area contributed by atoms with Crippen molar-refractivity contribution >= 4 is 0 Å². The largest absolute Gasteiger partial charge is 0.491 e. The lowest BCUT2D eigenvalue weighted by Crippen LogP contribution is -2.25. The first-order valence-electron chi connectivity index (χ1n) is 7.87. The highest BCUT2D eigenvalue weighted by atomic mass is 16.5. The van der Waals surface area contributed by atoms with Crippen molar-refractivity contribution in [3.63, 3.8) is 0 Å². The molecule has 2 atom stereocenters.